The highest BCUT2D eigenvalue weighted by Gasteiger charge is 2.24. The number of benzene rings is 1. The van der Waals surface area contributed by atoms with Crippen molar-refractivity contribution in [2.24, 2.45) is 0 Å². The van der Waals surface area contributed by atoms with Crippen LogP contribution in [0.1, 0.15) is 42.5 Å². The summed E-state index contributed by atoms with van der Waals surface area (Å²) in [5, 5.41) is 13.0. The maximum Gasteiger partial charge on any atom is 0.255 e. The van der Waals surface area contributed by atoms with Crippen molar-refractivity contribution in [1.82, 2.24) is 5.32 Å². The number of nitrogen functional groups attached to an aromatic ring is 1. The number of rotatable bonds is 3. The standard InChI is InChI=1S/C15H22N2O3/c1-20-14-8-7-10(16)9-11(14)15(19)17-12-5-3-2-4-6-13(12)18/h7-9,12-13,18H,2-6,16H2,1H3,(H,17,19). The molecule has 5 nitrogen and oxygen atoms in total. The monoisotopic (exact) mass is 278 g/mol. The number of hydrogen-bond donors (Lipinski definition) is 3. The first-order chi connectivity index (χ1) is 9.61. The van der Waals surface area contributed by atoms with Gasteiger partial charge in [0.15, 0.2) is 0 Å². The molecule has 0 bridgehead atoms. The topological polar surface area (TPSA) is 84.6 Å². The highest BCUT2D eigenvalue weighted by atomic mass is 16.5. The largest absolute Gasteiger partial charge is 0.496 e. The number of hydrogen-bond acceptors (Lipinski definition) is 4. The Hall–Kier alpha value is -1.75. The number of ether oxygens (including phenoxy) is 1. The van der Waals surface area contributed by atoms with Crippen LogP contribution in [0.25, 0.3) is 0 Å². The lowest BCUT2D eigenvalue weighted by molar-refractivity contribution is 0.0816. The third-order valence-corrected chi connectivity index (χ3v) is 3.76. The number of methoxy groups -OCH3 is 1. The number of aliphatic hydroxyl groups excluding tert-OH is 1. The van der Waals surface area contributed by atoms with Crippen molar-refractivity contribution in [2.75, 3.05) is 12.8 Å². The van der Waals surface area contributed by atoms with Gasteiger partial charge in [-0.25, -0.2) is 0 Å². The Balaban J connectivity index is 2.12. The number of carbonyl (C=O) groups is 1. The summed E-state index contributed by atoms with van der Waals surface area (Å²) in [5.41, 5.74) is 6.64. The van der Waals surface area contributed by atoms with Crippen LogP contribution in [0.5, 0.6) is 5.75 Å². The zero-order valence-electron chi connectivity index (χ0n) is 11.8. The molecule has 2 unspecified atom stereocenters. The van der Waals surface area contributed by atoms with Gasteiger partial charge in [0.1, 0.15) is 5.75 Å². The summed E-state index contributed by atoms with van der Waals surface area (Å²) in [5.74, 6) is 0.236. The van der Waals surface area contributed by atoms with E-state index in [2.05, 4.69) is 5.32 Å². The van der Waals surface area contributed by atoms with Gasteiger partial charge in [0.05, 0.1) is 24.8 Å². The SMILES string of the molecule is COc1ccc(N)cc1C(=O)NC1CCCCCC1O. The summed E-state index contributed by atoms with van der Waals surface area (Å²) in [6, 6.07) is 4.76. The Labute approximate surface area is 119 Å². The zero-order valence-corrected chi connectivity index (χ0v) is 11.8. The molecule has 2 atom stereocenters. The molecule has 0 saturated heterocycles. The van der Waals surface area contributed by atoms with E-state index in [0.717, 1.165) is 32.1 Å². The van der Waals surface area contributed by atoms with Gasteiger partial charge < -0.3 is 20.9 Å². The molecule has 1 aliphatic rings. The van der Waals surface area contributed by atoms with Gasteiger partial charge in [-0.1, -0.05) is 19.3 Å². The molecular formula is C15H22N2O3. The Morgan fingerprint density at radius 1 is 1.35 bits per heavy atom. The molecule has 0 aliphatic heterocycles. The molecule has 1 fully saturated rings. The summed E-state index contributed by atoms with van der Waals surface area (Å²) in [6.45, 7) is 0. The van der Waals surface area contributed by atoms with Crippen molar-refractivity contribution in [2.45, 2.75) is 44.2 Å². The van der Waals surface area contributed by atoms with Gasteiger partial charge in [-0.2, -0.15) is 0 Å². The number of carbonyl (C=O) groups excluding carboxylic acids is 1. The molecule has 2 rings (SSSR count). The molecule has 20 heavy (non-hydrogen) atoms. The van der Waals surface area contributed by atoms with E-state index in [4.69, 9.17) is 10.5 Å². The van der Waals surface area contributed by atoms with Gasteiger partial charge >= 0.3 is 0 Å². The maximum atomic E-state index is 12.3. The molecule has 1 amide bonds. The lowest BCUT2D eigenvalue weighted by Gasteiger charge is -2.22. The second kappa shape index (κ2) is 6.61. The van der Waals surface area contributed by atoms with E-state index in [-0.39, 0.29) is 11.9 Å². The number of aliphatic hydroxyl groups is 1. The molecule has 0 radical (unpaired) electrons. The van der Waals surface area contributed by atoms with Crippen LogP contribution in [0.4, 0.5) is 5.69 Å². The molecule has 4 N–H and O–H groups in total. The molecule has 1 aromatic carbocycles. The van der Waals surface area contributed by atoms with Crippen LogP contribution in [0.2, 0.25) is 0 Å². The third kappa shape index (κ3) is 3.42. The molecule has 5 heteroatoms. The van der Waals surface area contributed by atoms with Gasteiger partial charge in [0.2, 0.25) is 0 Å². The van der Waals surface area contributed by atoms with E-state index in [9.17, 15) is 9.90 Å². The first-order valence-corrected chi connectivity index (χ1v) is 7.04. The second-order valence-corrected chi connectivity index (χ2v) is 5.25. The van der Waals surface area contributed by atoms with Crippen molar-refractivity contribution in [3.05, 3.63) is 23.8 Å². The van der Waals surface area contributed by atoms with Crippen LogP contribution in [-0.2, 0) is 0 Å². The van der Waals surface area contributed by atoms with Crippen molar-refractivity contribution in [3.63, 3.8) is 0 Å². The predicted molar refractivity (Wildman–Crippen MR) is 77.8 cm³/mol. The average molecular weight is 278 g/mol. The normalized spacial score (nSPS) is 22.9. The van der Waals surface area contributed by atoms with E-state index in [1.165, 1.54) is 7.11 Å². The van der Waals surface area contributed by atoms with Crippen molar-refractivity contribution in [3.8, 4) is 5.75 Å². The van der Waals surface area contributed by atoms with Crippen LogP contribution in [0.3, 0.4) is 0 Å². The molecular weight excluding hydrogens is 256 g/mol. The van der Waals surface area contributed by atoms with E-state index in [0.29, 0.717) is 17.0 Å². The van der Waals surface area contributed by atoms with Crippen LogP contribution in [0.15, 0.2) is 18.2 Å². The minimum Gasteiger partial charge on any atom is -0.496 e. The molecule has 1 aliphatic carbocycles. The van der Waals surface area contributed by atoms with Gasteiger partial charge in [-0.05, 0) is 31.0 Å². The summed E-state index contributed by atoms with van der Waals surface area (Å²) in [6.07, 6.45) is 4.20. The summed E-state index contributed by atoms with van der Waals surface area (Å²) in [4.78, 5) is 12.3. The second-order valence-electron chi connectivity index (χ2n) is 5.25. The summed E-state index contributed by atoms with van der Waals surface area (Å²) >= 11 is 0. The van der Waals surface area contributed by atoms with Crippen LogP contribution in [-0.4, -0.2) is 30.3 Å². The smallest absolute Gasteiger partial charge is 0.255 e. The molecule has 1 saturated carbocycles. The first-order valence-electron chi connectivity index (χ1n) is 7.04. The Kier molecular flexibility index (Phi) is 4.84. The van der Waals surface area contributed by atoms with E-state index in [1.807, 2.05) is 0 Å². The average Bonchev–Trinajstić information content (AvgIpc) is 2.64. The lowest BCUT2D eigenvalue weighted by atomic mass is 10.0. The van der Waals surface area contributed by atoms with Crippen molar-refractivity contribution in [1.29, 1.82) is 0 Å². The molecule has 0 spiro atoms. The number of nitrogens with one attached hydrogen (secondary N) is 1. The summed E-state index contributed by atoms with van der Waals surface area (Å²) in [7, 11) is 1.52. The highest BCUT2D eigenvalue weighted by molar-refractivity contribution is 5.98. The van der Waals surface area contributed by atoms with Crippen LogP contribution >= 0.6 is 0 Å². The molecule has 110 valence electrons. The summed E-state index contributed by atoms with van der Waals surface area (Å²) < 4.78 is 5.18. The maximum absolute atomic E-state index is 12.3. The number of amides is 1. The van der Waals surface area contributed by atoms with E-state index >= 15 is 0 Å². The lowest BCUT2D eigenvalue weighted by Crippen LogP contribution is -2.42. The van der Waals surface area contributed by atoms with E-state index in [1.54, 1.807) is 18.2 Å². The fraction of sp³-hybridized carbons (Fsp3) is 0.533. The van der Waals surface area contributed by atoms with Crippen molar-refractivity contribution >= 4 is 11.6 Å². The molecule has 0 heterocycles. The van der Waals surface area contributed by atoms with Gasteiger partial charge in [0.25, 0.3) is 5.91 Å². The molecule has 0 aromatic heterocycles. The van der Waals surface area contributed by atoms with Gasteiger partial charge in [0, 0.05) is 5.69 Å². The number of anilines is 1. The van der Waals surface area contributed by atoms with Crippen molar-refractivity contribution < 1.29 is 14.6 Å². The van der Waals surface area contributed by atoms with E-state index < -0.39 is 6.10 Å². The van der Waals surface area contributed by atoms with Crippen LogP contribution in [0, 0.1) is 0 Å². The minimum absolute atomic E-state index is 0.198. The number of nitrogens with two attached hydrogens (primary N) is 1. The fourth-order valence-electron chi connectivity index (χ4n) is 2.61. The highest BCUT2D eigenvalue weighted by Crippen LogP contribution is 2.23. The fourth-order valence-corrected chi connectivity index (χ4v) is 2.61. The molecule has 1 aromatic rings. The minimum atomic E-state index is -0.478. The Morgan fingerprint density at radius 3 is 2.85 bits per heavy atom. The quantitative estimate of drug-likeness (QED) is 0.580. The van der Waals surface area contributed by atoms with Gasteiger partial charge in [-0.15, -0.1) is 0 Å². The zero-order chi connectivity index (χ0) is 14.5. The Bertz CT molecular complexity index is 476. The van der Waals surface area contributed by atoms with Crippen LogP contribution < -0.4 is 15.8 Å². The third-order valence-electron chi connectivity index (χ3n) is 3.76. The van der Waals surface area contributed by atoms with Gasteiger partial charge in [-0.3, -0.25) is 4.79 Å². The first kappa shape index (κ1) is 14.7. The predicted octanol–water partition coefficient (Wildman–Crippen LogP) is 1.70. The Morgan fingerprint density at radius 2 is 2.10 bits per heavy atom.